The quantitative estimate of drug-likeness (QED) is 0.284. The van der Waals surface area contributed by atoms with E-state index < -0.39 is 17.9 Å². The number of carboxylic acid groups (broad SMARTS) is 1. The van der Waals surface area contributed by atoms with Gasteiger partial charge in [-0.05, 0) is 60.9 Å². The van der Waals surface area contributed by atoms with E-state index in [4.69, 9.17) is 19.0 Å². The molecule has 41 heavy (non-hydrogen) atoms. The fraction of sp³-hybridized carbons (Fsp3) is 0.562. The number of rotatable bonds is 15. The number of ether oxygens (including phenoxy) is 3. The van der Waals surface area contributed by atoms with Crippen LogP contribution >= 0.6 is 0 Å². The van der Waals surface area contributed by atoms with Crippen LogP contribution in [-0.4, -0.2) is 72.6 Å². The molecule has 1 N–H and O–H groups in total. The van der Waals surface area contributed by atoms with Gasteiger partial charge < -0.3 is 19.3 Å². The molecule has 9 nitrogen and oxygen atoms in total. The van der Waals surface area contributed by atoms with Crippen molar-refractivity contribution in [3.8, 4) is 17.2 Å². The Labute approximate surface area is 243 Å². The van der Waals surface area contributed by atoms with Crippen molar-refractivity contribution >= 4 is 11.9 Å². The van der Waals surface area contributed by atoms with E-state index in [-0.39, 0.29) is 25.2 Å². The fourth-order valence-electron chi connectivity index (χ4n) is 5.78. The van der Waals surface area contributed by atoms with E-state index in [0.717, 1.165) is 36.1 Å². The molecule has 1 saturated heterocycles. The van der Waals surface area contributed by atoms with Crippen LogP contribution in [0.5, 0.6) is 17.2 Å². The van der Waals surface area contributed by atoms with E-state index in [0.29, 0.717) is 50.1 Å². The molecule has 0 radical (unpaired) electrons. The van der Waals surface area contributed by atoms with Crippen molar-refractivity contribution in [1.82, 2.24) is 9.96 Å². The Kier molecular flexibility index (Phi) is 10.9. The van der Waals surface area contributed by atoms with Gasteiger partial charge in [-0.2, -0.15) is 0 Å². The van der Waals surface area contributed by atoms with Crippen molar-refractivity contribution < 1.29 is 33.7 Å². The largest absolute Gasteiger partial charge is 0.493 e. The molecule has 2 aromatic rings. The zero-order chi connectivity index (χ0) is 29.4. The number of likely N-dealkylation sites (tertiary alicyclic amines) is 1. The predicted octanol–water partition coefficient (Wildman–Crippen LogP) is 5.45. The Balaban J connectivity index is 1.58. The molecule has 0 aliphatic carbocycles. The summed E-state index contributed by atoms with van der Waals surface area (Å²) in [5.74, 6) is 0.328. The number of aliphatic carboxylic acids is 1. The lowest BCUT2D eigenvalue weighted by Crippen LogP contribution is -2.45. The van der Waals surface area contributed by atoms with Crippen molar-refractivity contribution in [2.45, 2.75) is 71.3 Å². The number of hydrogen-bond acceptors (Lipinski definition) is 7. The number of hydroxylamine groups is 2. The SMILES string of the molecule is CCCON(CCC)C(=O)CN1C[C@H](c2ccc3c(c2)OCO3)[C@@H](C(=O)O)[C@@H]1CCOc1ccccc1C(C)CC. The molecule has 0 saturated carbocycles. The molecule has 0 aromatic heterocycles. The molecule has 9 heteroatoms. The van der Waals surface area contributed by atoms with Crippen LogP contribution in [0.15, 0.2) is 42.5 Å². The summed E-state index contributed by atoms with van der Waals surface area (Å²) in [7, 11) is 0. The second-order valence-corrected chi connectivity index (χ2v) is 10.9. The molecule has 1 amide bonds. The summed E-state index contributed by atoms with van der Waals surface area (Å²) in [6.07, 6.45) is 3.01. The number of carbonyl (C=O) groups excluding carboxylic acids is 1. The Morgan fingerprint density at radius 3 is 2.59 bits per heavy atom. The summed E-state index contributed by atoms with van der Waals surface area (Å²) in [5.41, 5.74) is 2.00. The Morgan fingerprint density at radius 1 is 1.07 bits per heavy atom. The summed E-state index contributed by atoms with van der Waals surface area (Å²) in [6, 6.07) is 13.2. The molecule has 224 valence electrons. The normalized spacial score (nSPS) is 20.6. The van der Waals surface area contributed by atoms with Gasteiger partial charge in [0.25, 0.3) is 5.91 Å². The first kappa shape index (κ1) is 30.7. The summed E-state index contributed by atoms with van der Waals surface area (Å²) >= 11 is 0. The predicted molar refractivity (Wildman–Crippen MR) is 155 cm³/mol. The van der Waals surface area contributed by atoms with E-state index in [1.54, 1.807) is 0 Å². The molecule has 0 spiro atoms. The molecule has 1 unspecified atom stereocenters. The van der Waals surface area contributed by atoms with Gasteiger partial charge in [0, 0.05) is 25.0 Å². The number of nitrogens with zero attached hydrogens (tertiary/aromatic N) is 2. The number of hydrogen-bond donors (Lipinski definition) is 1. The number of benzene rings is 2. The van der Waals surface area contributed by atoms with Gasteiger partial charge in [-0.25, -0.2) is 5.06 Å². The molecule has 2 aromatic carbocycles. The van der Waals surface area contributed by atoms with Crippen LogP contribution in [0.2, 0.25) is 0 Å². The summed E-state index contributed by atoms with van der Waals surface area (Å²) in [4.78, 5) is 34.0. The van der Waals surface area contributed by atoms with Crippen LogP contribution in [-0.2, 0) is 14.4 Å². The molecule has 2 aliphatic rings. The van der Waals surface area contributed by atoms with Crippen LogP contribution in [0, 0.1) is 5.92 Å². The molecule has 0 bridgehead atoms. The van der Waals surface area contributed by atoms with E-state index in [2.05, 4.69) is 19.9 Å². The van der Waals surface area contributed by atoms with Gasteiger partial charge in [0.1, 0.15) is 5.75 Å². The van der Waals surface area contributed by atoms with Gasteiger partial charge in [0.05, 0.1) is 25.7 Å². The first-order valence-corrected chi connectivity index (χ1v) is 14.9. The first-order chi connectivity index (χ1) is 19.9. The highest BCUT2D eigenvalue weighted by atomic mass is 16.7. The topological polar surface area (TPSA) is 97.8 Å². The van der Waals surface area contributed by atoms with Crippen LogP contribution in [0.4, 0.5) is 0 Å². The van der Waals surface area contributed by atoms with Crippen molar-refractivity contribution in [3.05, 3.63) is 53.6 Å². The van der Waals surface area contributed by atoms with E-state index in [1.807, 2.05) is 55.1 Å². The Morgan fingerprint density at radius 2 is 1.85 bits per heavy atom. The van der Waals surface area contributed by atoms with Crippen molar-refractivity contribution in [2.75, 3.05) is 39.6 Å². The molecular weight excluding hydrogens is 524 g/mol. The van der Waals surface area contributed by atoms with Crippen LogP contribution in [0.1, 0.15) is 76.3 Å². The minimum absolute atomic E-state index is 0.0721. The monoisotopic (exact) mass is 568 g/mol. The Bertz CT molecular complexity index is 1170. The standard InChI is InChI=1S/C32H44N2O7/c1-5-15-34(41-16-6-2)30(35)20-33-19-25(23-12-13-28-29(18-23)40-21-39-28)31(32(36)37)26(33)14-17-38-27-11-9-8-10-24(27)22(4)7-3/h8-13,18,22,25-26,31H,5-7,14-17,19-21H2,1-4H3,(H,36,37)/t22?,25-,26+,31-/m1/s1. The molecule has 2 heterocycles. The minimum Gasteiger partial charge on any atom is -0.493 e. The van der Waals surface area contributed by atoms with Gasteiger partial charge in [-0.15, -0.1) is 0 Å². The van der Waals surface area contributed by atoms with Gasteiger partial charge in [-0.3, -0.25) is 19.3 Å². The second-order valence-electron chi connectivity index (χ2n) is 10.9. The fourth-order valence-corrected chi connectivity index (χ4v) is 5.78. The highest BCUT2D eigenvalue weighted by Crippen LogP contribution is 2.43. The third kappa shape index (κ3) is 7.32. The average molecular weight is 569 g/mol. The van der Waals surface area contributed by atoms with Crippen molar-refractivity contribution in [3.63, 3.8) is 0 Å². The summed E-state index contributed by atoms with van der Waals surface area (Å²) in [5, 5.41) is 11.9. The zero-order valence-corrected chi connectivity index (χ0v) is 24.7. The van der Waals surface area contributed by atoms with Gasteiger partial charge >= 0.3 is 5.97 Å². The van der Waals surface area contributed by atoms with Gasteiger partial charge in [-0.1, -0.05) is 52.0 Å². The maximum absolute atomic E-state index is 13.4. The first-order valence-electron chi connectivity index (χ1n) is 14.9. The smallest absolute Gasteiger partial charge is 0.308 e. The van der Waals surface area contributed by atoms with Gasteiger partial charge in [0.15, 0.2) is 11.5 Å². The van der Waals surface area contributed by atoms with E-state index in [9.17, 15) is 14.7 Å². The third-order valence-electron chi connectivity index (χ3n) is 8.09. The lowest BCUT2D eigenvalue weighted by molar-refractivity contribution is -0.188. The van der Waals surface area contributed by atoms with E-state index in [1.165, 1.54) is 5.06 Å². The van der Waals surface area contributed by atoms with E-state index >= 15 is 0 Å². The summed E-state index contributed by atoms with van der Waals surface area (Å²) in [6.45, 7) is 10.2. The lowest BCUT2D eigenvalue weighted by Gasteiger charge is -2.29. The molecule has 1 fully saturated rings. The highest BCUT2D eigenvalue weighted by Gasteiger charge is 2.47. The van der Waals surface area contributed by atoms with Crippen molar-refractivity contribution in [1.29, 1.82) is 0 Å². The zero-order valence-electron chi connectivity index (χ0n) is 24.7. The molecule has 4 atom stereocenters. The summed E-state index contributed by atoms with van der Waals surface area (Å²) < 4.78 is 17.3. The Hall–Kier alpha value is -3.30. The van der Waals surface area contributed by atoms with Crippen LogP contribution in [0.3, 0.4) is 0 Å². The lowest BCUT2D eigenvalue weighted by atomic mass is 9.84. The highest BCUT2D eigenvalue weighted by molar-refractivity contribution is 5.78. The molecular formula is C32H44N2O7. The number of amides is 1. The van der Waals surface area contributed by atoms with Crippen LogP contribution < -0.4 is 14.2 Å². The maximum Gasteiger partial charge on any atom is 0.308 e. The molecule has 4 rings (SSSR count). The number of carbonyl (C=O) groups is 2. The number of carboxylic acids is 1. The second kappa shape index (κ2) is 14.5. The number of fused-ring (bicyclic) bond motifs is 1. The number of para-hydroxylation sites is 1. The maximum atomic E-state index is 13.4. The third-order valence-corrected chi connectivity index (χ3v) is 8.09. The van der Waals surface area contributed by atoms with Crippen molar-refractivity contribution in [2.24, 2.45) is 5.92 Å². The molecule has 2 aliphatic heterocycles. The van der Waals surface area contributed by atoms with Crippen LogP contribution in [0.25, 0.3) is 0 Å². The average Bonchev–Trinajstić information content (AvgIpc) is 3.59. The van der Waals surface area contributed by atoms with Gasteiger partial charge in [0.2, 0.25) is 6.79 Å². The minimum atomic E-state index is -0.889.